The van der Waals surface area contributed by atoms with E-state index >= 15 is 0 Å². The second-order valence-corrected chi connectivity index (χ2v) is 13.4. The predicted molar refractivity (Wildman–Crippen MR) is 124 cm³/mol. The largest absolute Gasteiger partial charge is 0.469 e. The fourth-order valence-electron chi connectivity index (χ4n) is 7.49. The fourth-order valence-corrected chi connectivity index (χ4v) is 9.38. The summed E-state index contributed by atoms with van der Waals surface area (Å²) in [6.45, 7) is 5.38. The lowest BCUT2D eigenvalue weighted by Crippen LogP contribution is -2.53. The number of alkyl halides is 2. The van der Waals surface area contributed by atoms with E-state index in [1.54, 1.807) is 4.90 Å². The van der Waals surface area contributed by atoms with Crippen LogP contribution in [0.2, 0.25) is 0 Å². The quantitative estimate of drug-likeness (QED) is 0.383. The molecule has 8 nitrogen and oxygen atoms in total. The average molecular weight is 530 g/mol. The second kappa shape index (κ2) is 8.56. The predicted octanol–water partition coefficient (Wildman–Crippen LogP) is 2.67. The maximum atomic E-state index is 13.6. The molecule has 3 saturated heterocycles. The molecule has 1 amide bonds. The van der Waals surface area contributed by atoms with Crippen LogP contribution in [0.15, 0.2) is 0 Å². The number of methoxy groups -OCH3 is 1. The zero-order valence-corrected chi connectivity index (χ0v) is 21.9. The van der Waals surface area contributed by atoms with Gasteiger partial charge in [0.05, 0.1) is 36.8 Å². The van der Waals surface area contributed by atoms with Crippen molar-refractivity contribution >= 4 is 35.6 Å². The van der Waals surface area contributed by atoms with Crippen LogP contribution in [0.4, 0.5) is 8.78 Å². The van der Waals surface area contributed by atoms with E-state index in [-0.39, 0.29) is 34.3 Å². The van der Waals surface area contributed by atoms with Crippen LogP contribution in [0.25, 0.3) is 0 Å². The standard InChI is InChI=1S/C25H33F2NO7S/c1-24(2,3)28-18-10-8-11(15(21(30)33-5)14(10)20(28)29)19(18)35-23(32)17-13-7-6-12(36-13)16(17)22(31)34-9-25(4,26)27/h10-19H,6-9H2,1-5H3. The summed E-state index contributed by atoms with van der Waals surface area (Å²) in [5, 5.41) is -0.342. The van der Waals surface area contributed by atoms with Gasteiger partial charge in [-0.3, -0.25) is 19.2 Å². The average Bonchev–Trinajstić information content (AvgIpc) is 3.56. The third-order valence-electron chi connectivity index (χ3n) is 8.61. The van der Waals surface area contributed by atoms with Gasteiger partial charge < -0.3 is 19.1 Å². The Morgan fingerprint density at radius 2 is 1.58 bits per heavy atom. The molecule has 2 saturated carbocycles. The number of nitrogens with zero attached hydrogens (tertiary/aromatic N) is 1. The molecule has 4 bridgehead atoms. The van der Waals surface area contributed by atoms with Crippen molar-refractivity contribution in [1.82, 2.24) is 4.90 Å². The first-order valence-corrected chi connectivity index (χ1v) is 13.5. The van der Waals surface area contributed by atoms with Crippen molar-refractivity contribution in [2.75, 3.05) is 13.7 Å². The van der Waals surface area contributed by atoms with Gasteiger partial charge in [-0.2, -0.15) is 11.8 Å². The van der Waals surface area contributed by atoms with E-state index in [4.69, 9.17) is 14.2 Å². The van der Waals surface area contributed by atoms with Gasteiger partial charge in [0.2, 0.25) is 5.91 Å². The summed E-state index contributed by atoms with van der Waals surface area (Å²) in [7, 11) is 1.29. The fraction of sp³-hybridized carbons (Fsp3) is 0.840. The number of amides is 1. The topological polar surface area (TPSA) is 99.2 Å². The Balaban J connectivity index is 1.40. The lowest BCUT2D eigenvalue weighted by atomic mass is 9.77. The van der Waals surface area contributed by atoms with Gasteiger partial charge in [0, 0.05) is 28.9 Å². The van der Waals surface area contributed by atoms with Gasteiger partial charge in [0.15, 0.2) is 6.61 Å². The molecule has 5 aliphatic rings. The Labute approximate surface area is 213 Å². The van der Waals surface area contributed by atoms with E-state index in [0.29, 0.717) is 19.8 Å². The normalized spacial score (nSPS) is 40.6. The summed E-state index contributed by atoms with van der Waals surface area (Å²) in [6, 6.07) is -0.354. The highest BCUT2D eigenvalue weighted by Crippen LogP contribution is 2.62. The smallest absolute Gasteiger partial charge is 0.311 e. The number of likely N-dealkylation sites (tertiary alicyclic amines) is 1. The van der Waals surface area contributed by atoms with Crippen LogP contribution in [0.1, 0.15) is 47.0 Å². The van der Waals surface area contributed by atoms with Crippen molar-refractivity contribution in [3.05, 3.63) is 0 Å². The number of hydrogen-bond acceptors (Lipinski definition) is 8. The Morgan fingerprint density at radius 1 is 0.972 bits per heavy atom. The van der Waals surface area contributed by atoms with Gasteiger partial charge in [0.25, 0.3) is 5.92 Å². The lowest BCUT2D eigenvalue weighted by molar-refractivity contribution is -0.174. The first kappa shape index (κ1) is 25.7. The number of fused-ring (bicyclic) bond motifs is 3. The van der Waals surface area contributed by atoms with E-state index in [1.165, 1.54) is 18.9 Å². The van der Waals surface area contributed by atoms with E-state index in [9.17, 15) is 28.0 Å². The monoisotopic (exact) mass is 529 g/mol. The Bertz CT molecular complexity index is 978. The van der Waals surface area contributed by atoms with Crippen LogP contribution in [-0.4, -0.2) is 76.5 Å². The minimum atomic E-state index is -3.16. The number of halogens is 2. The minimum absolute atomic E-state index is 0.119. The number of rotatable bonds is 6. The summed E-state index contributed by atoms with van der Waals surface area (Å²) >= 11 is 1.51. The molecule has 0 aromatic carbocycles. The minimum Gasteiger partial charge on any atom is -0.469 e. The van der Waals surface area contributed by atoms with Gasteiger partial charge in [-0.1, -0.05) is 0 Å². The number of carbonyl (C=O) groups is 4. The maximum absolute atomic E-state index is 13.6. The number of esters is 3. The summed E-state index contributed by atoms with van der Waals surface area (Å²) in [6.07, 6.45) is 1.31. The molecule has 5 fully saturated rings. The molecule has 2 aliphatic carbocycles. The van der Waals surface area contributed by atoms with Crippen molar-refractivity contribution in [2.24, 2.45) is 35.5 Å². The maximum Gasteiger partial charge on any atom is 0.311 e. The van der Waals surface area contributed by atoms with Gasteiger partial charge >= 0.3 is 17.9 Å². The van der Waals surface area contributed by atoms with Crippen molar-refractivity contribution in [3.8, 4) is 0 Å². The first-order chi connectivity index (χ1) is 16.7. The summed E-state index contributed by atoms with van der Waals surface area (Å²) < 4.78 is 42.7. The molecule has 5 rings (SSSR count). The molecular formula is C25H33F2NO7S. The molecule has 0 aromatic rings. The number of thioether (sulfide) groups is 1. The van der Waals surface area contributed by atoms with Crippen molar-refractivity contribution in [2.45, 2.75) is 81.1 Å². The molecular weight excluding hydrogens is 496 g/mol. The molecule has 3 heterocycles. The Morgan fingerprint density at radius 3 is 2.14 bits per heavy atom. The molecule has 10 atom stereocenters. The summed E-state index contributed by atoms with van der Waals surface area (Å²) in [4.78, 5) is 54.4. The number of carbonyl (C=O) groups excluding carboxylic acids is 4. The highest BCUT2D eigenvalue weighted by atomic mass is 32.2. The third-order valence-corrected chi connectivity index (χ3v) is 10.4. The number of hydrogen-bond donors (Lipinski definition) is 0. The molecule has 0 N–H and O–H groups in total. The van der Waals surface area contributed by atoms with Crippen molar-refractivity contribution in [1.29, 1.82) is 0 Å². The van der Waals surface area contributed by atoms with E-state index in [2.05, 4.69) is 0 Å². The molecule has 0 aromatic heterocycles. The second-order valence-electron chi connectivity index (χ2n) is 11.9. The molecule has 11 heteroatoms. The number of ether oxygens (including phenoxy) is 3. The lowest BCUT2D eigenvalue weighted by Gasteiger charge is -2.40. The zero-order chi connectivity index (χ0) is 26.3. The van der Waals surface area contributed by atoms with Crippen LogP contribution in [0.3, 0.4) is 0 Å². The van der Waals surface area contributed by atoms with Crippen LogP contribution >= 0.6 is 11.8 Å². The molecule has 0 radical (unpaired) electrons. The van der Waals surface area contributed by atoms with Gasteiger partial charge in [0.1, 0.15) is 6.10 Å². The van der Waals surface area contributed by atoms with Gasteiger partial charge in [-0.05, 0) is 46.0 Å². The van der Waals surface area contributed by atoms with Crippen molar-refractivity contribution < 1.29 is 42.2 Å². The third kappa shape index (κ3) is 3.91. The van der Waals surface area contributed by atoms with Crippen LogP contribution in [-0.2, 0) is 33.4 Å². The molecule has 0 spiro atoms. The summed E-state index contributed by atoms with van der Waals surface area (Å²) in [5.74, 6) is -8.44. The SMILES string of the molecule is COC(=O)C1C2CC3C1C(=O)N(C(C)(C)C)C3C2OC(=O)C1C2CCC(S2)C1C(=O)OCC(C)(F)F. The Hall–Kier alpha value is -1.91. The van der Waals surface area contributed by atoms with E-state index < -0.39 is 65.8 Å². The first-order valence-electron chi connectivity index (χ1n) is 12.6. The van der Waals surface area contributed by atoms with Crippen LogP contribution in [0.5, 0.6) is 0 Å². The van der Waals surface area contributed by atoms with Crippen molar-refractivity contribution in [3.63, 3.8) is 0 Å². The Kier molecular flexibility index (Phi) is 6.12. The highest BCUT2D eigenvalue weighted by molar-refractivity contribution is 8.01. The summed E-state index contributed by atoms with van der Waals surface area (Å²) in [5.41, 5.74) is -0.542. The highest BCUT2D eigenvalue weighted by Gasteiger charge is 2.72. The molecule has 200 valence electrons. The van der Waals surface area contributed by atoms with Gasteiger partial charge in [-0.15, -0.1) is 0 Å². The zero-order valence-electron chi connectivity index (χ0n) is 21.1. The molecule has 3 aliphatic heterocycles. The van der Waals surface area contributed by atoms with Crippen LogP contribution in [0, 0.1) is 35.5 Å². The van der Waals surface area contributed by atoms with Gasteiger partial charge in [-0.25, -0.2) is 8.78 Å². The van der Waals surface area contributed by atoms with E-state index in [1.807, 2.05) is 20.8 Å². The van der Waals surface area contributed by atoms with Crippen LogP contribution < -0.4 is 0 Å². The van der Waals surface area contributed by atoms with E-state index in [0.717, 1.165) is 6.42 Å². The molecule has 36 heavy (non-hydrogen) atoms. The molecule has 10 unspecified atom stereocenters.